The Bertz CT molecular complexity index is 1220. The number of anilines is 2. The topological polar surface area (TPSA) is 61.9 Å². The normalized spacial score (nSPS) is 13.5. The van der Waals surface area contributed by atoms with E-state index in [1.165, 1.54) is 12.1 Å². The van der Waals surface area contributed by atoms with E-state index in [2.05, 4.69) is 10.1 Å². The van der Waals surface area contributed by atoms with Gasteiger partial charge in [0.25, 0.3) is 11.8 Å². The fourth-order valence-corrected chi connectivity index (χ4v) is 3.87. The summed E-state index contributed by atoms with van der Waals surface area (Å²) in [5.74, 6) is -9.91. The van der Waals surface area contributed by atoms with Gasteiger partial charge < -0.3 is 19.9 Å². The Balaban J connectivity index is 1.41. The van der Waals surface area contributed by atoms with Gasteiger partial charge in [0.2, 0.25) is 11.6 Å². The van der Waals surface area contributed by atoms with E-state index in [0.29, 0.717) is 31.7 Å². The molecule has 0 spiro atoms. The zero-order valence-electron chi connectivity index (χ0n) is 18.7. The van der Waals surface area contributed by atoms with Crippen LogP contribution in [0.2, 0.25) is 0 Å². The lowest BCUT2D eigenvalue weighted by Crippen LogP contribution is -2.48. The summed E-state index contributed by atoms with van der Waals surface area (Å²) >= 11 is 0. The van der Waals surface area contributed by atoms with E-state index in [0.717, 1.165) is 12.8 Å². The number of hydrogen-bond acceptors (Lipinski definition) is 4. The van der Waals surface area contributed by atoms with Crippen LogP contribution in [0.15, 0.2) is 54.6 Å². The van der Waals surface area contributed by atoms with Gasteiger partial charge in [-0.2, -0.15) is 8.78 Å². The van der Waals surface area contributed by atoms with Crippen molar-refractivity contribution < 1.29 is 31.9 Å². The number of nitrogens with zero attached hydrogens (tertiary/aromatic N) is 2. The largest absolute Gasteiger partial charge is 0.491 e. The third-order valence-electron chi connectivity index (χ3n) is 5.73. The Hall–Kier alpha value is -4.08. The summed E-state index contributed by atoms with van der Waals surface area (Å²) in [6, 6.07) is 15.4. The van der Waals surface area contributed by atoms with Gasteiger partial charge in [0.05, 0.1) is 7.11 Å². The second-order valence-electron chi connectivity index (χ2n) is 7.81. The molecule has 1 N–H and O–H groups in total. The lowest BCUT2D eigenvalue weighted by Gasteiger charge is -2.36. The Morgan fingerprint density at radius 1 is 0.800 bits per heavy atom. The van der Waals surface area contributed by atoms with Crippen LogP contribution in [0.3, 0.4) is 0 Å². The summed E-state index contributed by atoms with van der Waals surface area (Å²) in [6.07, 6.45) is 0. The quantitative estimate of drug-likeness (QED) is 0.426. The number of halogens is 4. The first-order valence-corrected chi connectivity index (χ1v) is 10.7. The summed E-state index contributed by atoms with van der Waals surface area (Å²) in [6.45, 7) is 2.23. The van der Waals surface area contributed by atoms with Crippen LogP contribution in [0.4, 0.5) is 28.9 Å². The van der Waals surface area contributed by atoms with Crippen LogP contribution in [-0.4, -0.2) is 50.0 Å². The molecule has 3 aromatic rings. The molecule has 0 atom stereocenters. The van der Waals surface area contributed by atoms with Crippen LogP contribution in [0.1, 0.15) is 20.7 Å². The zero-order chi connectivity index (χ0) is 25.1. The van der Waals surface area contributed by atoms with Crippen LogP contribution in [0.5, 0.6) is 5.75 Å². The molecule has 182 valence electrons. The van der Waals surface area contributed by atoms with Crippen LogP contribution in [0.25, 0.3) is 0 Å². The number of nitrogens with one attached hydrogen (secondary N) is 1. The van der Waals surface area contributed by atoms with Gasteiger partial charge in [0.15, 0.2) is 17.4 Å². The molecule has 1 aliphatic heterocycles. The summed E-state index contributed by atoms with van der Waals surface area (Å²) < 4.78 is 60.5. The van der Waals surface area contributed by atoms with Crippen LogP contribution in [0, 0.1) is 23.3 Å². The number of piperazine rings is 1. The maximum absolute atomic E-state index is 14.2. The first-order chi connectivity index (χ1) is 16.8. The second kappa shape index (κ2) is 10.0. The smallest absolute Gasteiger partial charge is 0.261 e. The highest BCUT2D eigenvalue weighted by Gasteiger charge is 2.30. The number of hydrogen-bond donors (Lipinski definition) is 1. The van der Waals surface area contributed by atoms with E-state index in [1.807, 2.05) is 23.1 Å². The summed E-state index contributed by atoms with van der Waals surface area (Å²) in [5, 5.41) is 2.24. The maximum atomic E-state index is 14.2. The van der Waals surface area contributed by atoms with Crippen molar-refractivity contribution in [1.29, 1.82) is 0 Å². The molecule has 0 unspecified atom stereocenters. The molecule has 35 heavy (non-hydrogen) atoms. The van der Waals surface area contributed by atoms with E-state index in [9.17, 15) is 27.2 Å². The number of carbonyl (C=O) groups is 2. The van der Waals surface area contributed by atoms with Crippen molar-refractivity contribution in [2.75, 3.05) is 43.5 Å². The predicted molar refractivity (Wildman–Crippen MR) is 122 cm³/mol. The van der Waals surface area contributed by atoms with E-state index < -0.39 is 40.5 Å². The van der Waals surface area contributed by atoms with Crippen LogP contribution >= 0.6 is 0 Å². The van der Waals surface area contributed by atoms with Crippen molar-refractivity contribution in [1.82, 2.24) is 4.90 Å². The maximum Gasteiger partial charge on any atom is 0.261 e. The number of benzene rings is 3. The van der Waals surface area contributed by atoms with Crippen molar-refractivity contribution in [3.63, 3.8) is 0 Å². The fraction of sp³-hybridized carbons (Fsp3) is 0.200. The van der Waals surface area contributed by atoms with E-state index in [1.54, 1.807) is 29.2 Å². The highest BCUT2D eigenvalue weighted by atomic mass is 19.2. The SMILES string of the molecule is COc1c(F)c(F)c(C(=O)Nc2ccc(N3CCN(C(=O)c4ccccc4)CC3)cc2)c(F)c1F. The van der Waals surface area contributed by atoms with Gasteiger partial charge in [-0.05, 0) is 36.4 Å². The first-order valence-electron chi connectivity index (χ1n) is 10.7. The van der Waals surface area contributed by atoms with Gasteiger partial charge in [-0.3, -0.25) is 9.59 Å². The van der Waals surface area contributed by atoms with Gasteiger partial charge >= 0.3 is 0 Å². The third kappa shape index (κ3) is 4.77. The van der Waals surface area contributed by atoms with Crippen molar-refractivity contribution in [2.45, 2.75) is 0 Å². The number of ether oxygens (including phenoxy) is 1. The molecule has 0 radical (unpaired) electrons. The van der Waals surface area contributed by atoms with Gasteiger partial charge in [0, 0.05) is 43.1 Å². The average Bonchev–Trinajstić information content (AvgIpc) is 2.89. The Labute approximate surface area is 198 Å². The van der Waals surface area contributed by atoms with Crippen molar-refractivity contribution in [2.24, 2.45) is 0 Å². The van der Waals surface area contributed by atoms with Gasteiger partial charge in [-0.15, -0.1) is 0 Å². The van der Waals surface area contributed by atoms with Crippen molar-refractivity contribution >= 4 is 23.2 Å². The fourth-order valence-electron chi connectivity index (χ4n) is 3.87. The molecule has 2 amide bonds. The lowest BCUT2D eigenvalue weighted by atomic mass is 10.1. The van der Waals surface area contributed by atoms with Gasteiger partial charge in [-0.25, -0.2) is 8.78 Å². The second-order valence-corrected chi connectivity index (χ2v) is 7.81. The van der Waals surface area contributed by atoms with E-state index >= 15 is 0 Å². The highest BCUT2D eigenvalue weighted by molar-refractivity contribution is 6.05. The van der Waals surface area contributed by atoms with Gasteiger partial charge in [0.1, 0.15) is 5.56 Å². The number of rotatable bonds is 5. The molecule has 1 heterocycles. The molecule has 1 aliphatic rings. The standard InChI is InChI=1S/C25H21F4N3O3/c1-35-23-21(28)19(26)18(20(27)22(23)29)24(33)30-16-7-9-17(10-8-16)31-11-13-32(14-12-31)25(34)15-5-3-2-4-6-15/h2-10H,11-14H2,1H3,(H,30,33). The molecule has 0 aromatic heterocycles. The minimum absolute atomic E-state index is 0.0332. The lowest BCUT2D eigenvalue weighted by molar-refractivity contribution is 0.0746. The highest BCUT2D eigenvalue weighted by Crippen LogP contribution is 2.30. The van der Waals surface area contributed by atoms with Crippen LogP contribution < -0.4 is 15.0 Å². The minimum Gasteiger partial charge on any atom is -0.491 e. The predicted octanol–water partition coefficient (Wildman–Crippen LogP) is 4.47. The van der Waals surface area contributed by atoms with E-state index in [-0.39, 0.29) is 11.6 Å². The Kier molecular flexibility index (Phi) is 6.90. The summed E-state index contributed by atoms with van der Waals surface area (Å²) in [7, 11) is 0.850. The molecule has 1 saturated heterocycles. The van der Waals surface area contributed by atoms with Crippen molar-refractivity contribution in [3.8, 4) is 5.75 Å². The minimum atomic E-state index is -1.85. The third-order valence-corrected chi connectivity index (χ3v) is 5.73. The number of carbonyl (C=O) groups excluding carboxylic acids is 2. The molecule has 6 nitrogen and oxygen atoms in total. The number of amides is 2. The molecule has 1 fully saturated rings. The monoisotopic (exact) mass is 487 g/mol. The molecule has 0 aliphatic carbocycles. The molecular formula is C25H21F4N3O3. The molecule has 10 heteroatoms. The zero-order valence-corrected chi connectivity index (χ0v) is 18.7. The molecular weight excluding hydrogens is 466 g/mol. The van der Waals surface area contributed by atoms with E-state index in [4.69, 9.17) is 0 Å². The average molecular weight is 487 g/mol. The summed E-state index contributed by atoms with van der Waals surface area (Å²) in [5.41, 5.74) is 0.232. The Morgan fingerprint density at radius 3 is 1.91 bits per heavy atom. The van der Waals surface area contributed by atoms with Gasteiger partial charge in [-0.1, -0.05) is 18.2 Å². The molecule has 0 saturated carbocycles. The van der Waals surface area contributed by atoms with Crippen LogP contribution in [-0.2, 0) is 0 Å². The van der Waals surface area contributed by atoms with Crippen molar-refractivity contribution in [3.05, 3.63) is 89.0 Å². The molecule has 4 rings (SSSR count). The number of methoxy groups -OCH3 is 1. The first kappa shape index (κ1) is 24.1. The molecule has 0 bridgehead atoms. The Morgan fingerprint density at radius 2 is 1.37 bits per heavy atom. The summed E-state index contributed by atoms with van der Waals surface area (Å²) in [4.78, 5) is 28.8. The molecule has 3 aromatic carbocycles.